The number of amides is 1. The summed E-state index contributed by atoms with van der Waals surface area (Å²) >= 11 is 5.62. The molecule has 2 aromatic carbocycles. The predicted octanol–water partition coefficient (Wildman–Crippen LogP) is 4.32. The quantitative estimate of drug-likeness (QED) is 0.867. The van der Waals surface area contributed by atoms with Gasteiger partial charge in [0, 0.05) is 17.3 Å². The SMILES string of the molecule is O=C(Nc1ccc(Cl)c(O)c1)c1cccc(C(F)(F)F)c1. The van der Waals surface area contributed by atoms with Crippen LogP contribution < -0.4 is 5.32 Å². The van der Waals surface area contributed by atoms with Crippen molar-refractivity contribution in [3.63, 3.8) is 0 Å². The first-order valence-corrected chi connectivity index (χ1v) is 6.12. The molecule has 0 aliphatic carbocycles. The van der Waals surface area contributed by atoms with E-state index in [1.807, 2.05) is 0 Å². The molecule has 0 aliphatic rings. The number of anilines is 1. The number of phenolic OH excluding ortho intramolecular Hbond substituents is 1. The molecule has 1 amide bonds. The molecular weight excluding hydrogens is 307 g/mol. The highest BCUT2D eigenvalue weighted by molar-refractivity contribution is 6.32. The number of alkyl halides is 3. The predicted molar refractivity (Wildman–Crippen MR) is 72.5 cm³/mol. The molecule has 0 saturated heterocycles. The lowest BCUT2D eigenvalue weighted by molar-refractivity contribution is -0.137. The zero-order chi connectivity index (χ0) is 15.6. The van der Waals surface area contributed by atoms with Crippen LogP contribution in [0.25, 0.3) is 0 Å². The van der Waals surface area contributed by atoms with Crippen molar-refractivity contribution >= 4 is 23.2 Å². The third-order valence-corrected chi connectivity index (χ3v) is 2.98. The molecule has 0 heterocycles. The van der Waals surface area contributed by atoms with Crippen LogP contribution >= 0.6 is 11.6 Å². The molecule has 21 heavy (non-hydrogen) atoms. The van der Waals surface area contributed by atoms with E-state index < -0.39 is 17.6 Å². The van der Waals surface area contributed by atoms with Gasteiger partial charge in [-0.2, -0.15) is 13.2 Å². The van der Waals surface area contributed by atoms with E-state index in [9.17, 15) is 23.1 Å². The minimum atomic E-state index is -4.52. The molecule has 2 aromatic rings. The normalized spacial score (nSPS) is 11.2. The molecule has 0 aromatic heterocycles. The Morgan fingerprint density at radius 3 is 2.48 bits per heavy atom. The van der Waals surface area contributed by atoms with Crippen LogP contribution in [0, 0.1) is 0 Å². The van der Waals surface area contributed by atoms with Crippen molar-refractivity contribution in [1.29, 1.82) is 0 Å². The zero-order valence-corrected chi connectivity index (χ0v) is 11.2. The van der Waals surface area contributed by atoms with Crippen molar-refractivity contribution in [1.82, 2.24) is 0 Å². The molecule has 3 nitrogen and oxygen atoms in total. The Morgan fingerprint density at radius 1 is 1.14 bits per heavy atom. The van der Waals surface area contributed by atoms with Crippen LogP contribution in [0.5, 0.6) is 5.75 Å². The highest BCUT2D eigenvalue weighted by Gasteiger charge is 2.30. The zero-order valence-electron chi connectivity index (χ0n) is 10.4. The second-order valence-corrected chi connectivity index (χ2v) is 4.61. The molecule has 110 valence electrons. The van der Waals surface area contributed by atoms with Crippen LogP contribution in [0.2, 0.25) is 5.02 Å². The molecular formula is C14H9ClF3NO2. The molecule has 2 N–H and O–H groups in total. The molecule has 0 atom stereocenters. The molecule has 0 bridgehead atoms. The van der Waals surface area contributed by atoms with Crippen molar-refractivity contribution in [2.45, 2.75) is 6.18 Å². The molecule has 0 radical (unpaired) electrons. The van der Waals surface area contributed by atoms with Crippen molar-refractivity contribution in [2.24, 2.45) is 0 Å². The second kappa shape index (κ2) is 5.65. The van der Waals surface area contributed by atoms with Gasteiger partial charge in [0.1, 0.15) is 5.75 Å². The largest absolute Gasteiger partial charge is 0.506 e. The van der Waals surface area contributed by atoms with Gasteiger partial charge in [0.05, 0.1) is 10.6 Å². The van der Waals surface area contributed by atoms with Crippen LogP contribution in [0.4, 0.5) is 18.9 Å². The van der Waals surface area contributed by atoms with E-state index in [4.69, 9.17) is 11.6 Å². The summed E-state index contributed by atoms with van der Waals surface area (Å²) in [5.41, 5.74) is -0.826. The molecule has 0 unspecified atom stereocenters. The standard InChI is InChI=1S/C14H9ClF3NO2/c15-11-5-4-10(7-12(11)20)19-13(21)8-2-1-3-9(6-8)14(16,17)18/h1-7,20H,(H,19,21). The van der Waals surface area contributed by atoms with E-state index >= 15 is 0 Å². The van der Waals surface area contributed by atoms with Crippen LogP contribution in [0.15, 0.2) is 42.5 Å². The Bertz CT molecular complexity index is 686. The minimum Gasteiger partial charge on any atom is -0.506 e. The topological polar surface area (TPSA) is 49.3 Å². The van der Waals surface area contributed by atoms with Gasteiger partial charge in [-0.05, 0) is 30.3 Å². The van der Waals surface area contributed by atoms with Crippen molar-refractivity contribution in [3.05, 3.63) is 58.6 Å². The van der Waals surface area contributed by atoms with Gasteiger partial charge in [0.2, 0.25) is 0 Å². The lowest BCUT2D eigenvalue weighted by Gasteiger charge is -2.09. The first-order chi connectivity index (χ1) is 9.77. The van der Waals surface area contributed by atoms with Gasteiger partial charge < -0.3 is 10.4 Å². The van der Waals surface area contributed by atoms with Gasteiger partial charge in [0.25, 0.3) is 5.91 Å². The molecule has 0 spiro atoms. The van der Waals surface area contributed by atoms with Crippen LogP contribution in [0.1, 0.15) is 15.9 Å². The summed E-state index contributed by atoms with van der Waals surface area (Å²) in [5.74, 6) is -0.957. The minimum absolute atomic E-state index is 0.104. The fourth-order valence-corrected chi connectivity index (χ4v) is 1.75. The molecule has 0 fully saturated rings. The first kappa shape index (κ1) is 15.2. The Balaban J connectivity index is 2.22. The number of carbonyl (C=O) groups is 1. The Labute approximate surface area is 123 Å². The van der Waals surface area contributed by atoms with Gasteiger partial charge >= 0.3 is 6.18 Å². The number of hydrogen-bond acceptors (Lipinski definition) is 2. The highest BCUT2D eigenvalue weighted by atomic mass is 35.5. The maximum absolute atomic E-state index is 12.6. The van der Waals surface area contributed by atoms with E-state index in [2.05, 4.69) is 5.32 Å². The third-order valence-electron chi connectivity index (χ3n) is 2.66. The number of rotatable bonds is 2. The summed E-state index contributed by atoms with van der Waals surface area (Å²) in [7, 11) is 0. The van der Waals surface area contributed by atoms with E-state index in [0.29, 0.717) is 0 Å². The van der Waals surface area contributed by atoms with E-state index in [-0.39, 0.29) is 22.0 Å². The number of halogens is 4. The maximum Gasteiger partial charge on any atom is 0.416 e. The second-order valence-electron chi connectivity index (χ2n) is 4.20. The van der Waals surface area contributed by atoms with Gasteiger partial charge in [-0.15, -0.1) is 0 Å². The van der Waals surface area contributed by atoms with Gasteiger partial charge in [-0.1, -0.05) is 17.7 Å². The number of aromatic hydroxyl groups is 1. The summed E-state index contributed by atoms with van der Waals surface area (Å²) in [6, 6.07) is 8.04. The molecule has 2 rings (SSSR count). The molecule has 7 heteroatoms. The average molecular weight is 316 g/mol. The summed E-state index contributed by atoms with van der Waals surface area (Å²) in [6.45, 7) is 0. The highest BCUT2D eigenvalue weighted by Crippen LogP contribution is 2.30. The fourth-order valence-electron chi connectivity index (χ4n) is 1.63. The monoisotopic (exact) mass is 315 g/mol. The Morgan fingerprint density at radius 2 is 1.86 bits per heavy atom. The van der Waals surface area contributed by atoms with Gasteiger partial charge in [-0.3, -0.25) is 4.79 Å². The van der Waals surface area contributed by atoms with Crippen molar-refractivity contribution < 1.29 is 23.1 Å². The van der Waals surface area contributed by atoms with Gasteiger partial charge in [-0.25, -0.2) is 0 Å². The van der Waals surface area contributed by atoms with E-state index in [0.717, 1.165) is 18.2 Å². The van der Waals surface area contributed by atoms with Crippen molar-refractivity contribution in [3.8, 4) is 5.75 Å². The van der Waals surface area contributed by atoms with Crippen LogP contribution in [-0.4, -0.2) is 11.0 Å². The van der Waals surface area contributed by atoms with Crippen LogP contribution in [-0.2, 0) is 6.18 Å². The van der Waals surface area contributed by atoms with E-state index in [1.165, 1.54) is 24.3 Å². The van der Waals surface area contributed by atoms with Gasteiger partial charge in [0.15, 0.2) is 0 Å². The lowest BCUT2D eigenvalue weighted by Crippen LogP contribution is -2.13. The third kappa shape index (κ3) is 3.66. The molecule has 0 saturated carbocycles. The summed E-state index contributed by atoms with van der Waals surface area (Å²) in [6.07, 6.45) is -4.52. The summed E-state index contributed by atoms with van der Waals surface area (Å²) < 4.78 is 37.7. The summed E-state index contributed by atoms with van der Waals surface area (Å²) in [5, 5.41) is 11.9. The van der Waals surface area contributed by atoms with Crippen molar-refractivity contribution in [2.75, 3.05) is 5.32 Å². The number of phenols is 1. The number of benzene rings is 2. The number of hydrogen-bond donors (Lipinski definition) is 2. The summed E-state index contributed by atoms with van der Waals surface area (Å²) in [4.78, 5) is 11.9. The number of nitrogens with one attached hydrogen (secondary N) is 1. The smallest absolute Gasteiger partial charge is 0.416 e. The molecule has 0 aliphatic heterocycles. The average Bonchev–Trinajstić information content (AvgIpc) is 2.42. The lowest BCUT2D eigenvalue weighted by atomic mass is 10.1. The fraction of sp³-hybridized carbons (Fsp3) is 0.0714. The maximum atomic E-state index is 12.6. The van der Waals surface area contributed by atoms with Crippen LogP contribution in [0.3, 0.4) is 0 Å². The Kier molecular flexibility index (Phi) is 4.09. The number of carbonyl (C=O) groups excluding carboxylic acids is 1. The first-order valence-electron chi connectivity index (χ1n) is 5.74. The van der Waals surface area contributed by atoms with E-state index in [1.54, 1.807) is 0 Å². The Hall–Kier alpha value is -2.21.